The molecule has 2 heterocycles. The normalized spacial score (nSPS) is 15.5. The standard InChI is InChI=1S/C26H26N2O6S/c1-6-34-18-9-7-8-17(13-18)28-22(16-10-11-19(32-4)20(12-16)33-5)21(24(30)26(28)31)23(29)25-14(2)27-15(3)35-25/h7-13,22,30H,6H2,1-5H3. The Hall–Kier alpha value is -3.85. The predicted octanol–water partition coefficient (Wildman–Crippen LogP) is 4.96. The van der Waals surface area contributed by atoms with E-state index in [0.717, 1.165) is 5.01 Å². The van der Waals surface area contributed by atoms with Crippen molar-refractivity contribution in [3.63, 3.8) is 0 Å². The van der Waals surface area contributed by atoms with Crippen LogP contribution in [0, 0.1) is 13.8 Å². The number of Topliss-reactive ketones (excluding diaryl/α,β-unsaturated/α-hetero) is 1. The van der Waals surface area contributed by atoms with E-state index in [9.17, 15) is 14.7 Å². The number of aliphatic hydroxyl groups excluding tert-OH is 1. The number of carbonyl (C=O) groups excluding carboxylic acids is 2. The van der Waals surface area contributed by atoms with Gasteiger partial charge in [-0.15, -0.1) is 11.3 Å². The lowest BCUT2D eigenvalue weighted by Crippen LogP contribution is -2.31. The number of anilines is 1. The zero-order valence-corrected chi connectivity index (χ0v) is 20.9. The molecule has 0 radical (unpaired) electrons. The highest BCUT2D eigenvalue weighted by molar-refractivity contribution is 7.14. The topological polar surface area (TPSA) is 98.2 Å². The summed E-state index contributed by atoms with van der Waals surface area (Å²) in [4.78, 5) is 33.3. The van der Waals surface area contributed by atoms with E-state index in [1.54, 1.807) is 56.3 Å². The highest BCUT2D eigenvalue weighted by Gasteiger charge is 2.45. The van der Waals surface area contributed by atoms with Crippen LogP contribution in [0.25, 0.3) is 0 Å². The first-order valence-electron chi connectivity index (χ1n) is 11.0. The third-order valence-electron chi connectivity index (χ3n) is 5.69. The number of aromatic nitrogens is 1. The Morgan fingerprint density at radius 1 is 1.11 bits per heavy atom. The van der Waals surface area contributed by atoms with Crippen LogP contribution in [-0.2, 0) is 4.79 Å². The molecule has 1 aliphatic rings. The first-order valence-corrected chi connectivity index (χ1v) is 11.8. The summed E-state index contributed by atoms with van der Waals surface area (Å²) in [5.74, 6) is -0.217. The van der Waals surface area contributed by atoms with Crippen LogP contribution in [0.3, 0.4) is 0 Å². The van der Waals surface area contributed by atoms with Gasteiger partial charge in [-0.05, 0) is 50.6 Å². The lowest BCUT2D eigenvalue weighted by atomic mass is 9.94. The van der Waals surface area contributed by atoms with Crippen molar-refractivity contribution in [1.82, 2.24) is 4.98 Å². The maximum absolute atomic E-state index is 13.7. The second-order valence-electron chi connectivity index (χ2n) is 7.86. The van der Waals surface area contributed by atoms with Gasteiger partial charge in [-0.25, -0.2) is 4.98 Å². The molecular formula is C26H26N2O6S. The Balaban J connectivity index is 1.91. The zero-order chi connectivity index (χ0) is 25.3. The van der Waals surface area contributed by atoms with Gasteiger partial charge >= 0.3 is 0 Å². The molecule has 8 nitrogen and oxygen atoms in total. The molecule has 3 aromatic rings. The number of ether oxygens (including phenoxy) is 3. The van der Waals surface area contributed by atoms with E-state index in [-0.39, 0.29) is 5.57 Å². The number of ketones is 1. The van der Waals surface area contributed by atoms with Gasteiger partial charge in [-0.2, -0.15) is 0 Å². The summed E-state index contributed by atoms with van der Waals surface area (Å²) in [6.45, 7) is 5.86. The van der Waals surface area contributed by atoms with Crippen LogP contribution >= 0.6 is 11.3 Å². The number of hydrogen-bond donors (Lipinski definition) is 1. The first-order chi connectivity index (χ1) is 16.8. The molecule has 1 atom stereocenters. The van der Waals surface area contributed by atoms with Crippen LogP contribution in [0.2, 0.25) is 0 Å². The highest BCUT2D eigenvalue weighted by Crippen LogP contribution is 2.45. The molecule has 0 saturated heterocycles. The van der Waals surface area contributed by atoms with Crippen LogP contribution in [0.1, 0.15) is 38.9 Å². The van der Waals surface area contributed by atoms with Gasteiger partial charge in [0.15, 0.2) is 17.3 Å². The maximum Gasteiger partial charge on any atom is 0.294 e. The fraction of sp³-hybridized carbons (Fsp3) is 0.269. The van der Waals surface area contributed by atoms with Crippen molar-refractivity contribution in [3.8, 4) is 17.2 Å². The number of rotatable bonds is 8. The summed E-state index contributed by atoms with van der Waals surface area (Å²) in [5, 5.41) is 11.7. The van der Waals surface area contributed by atoms with Crippen LogP contribution < -0.4 is 19.1 Å². The molecule has 0 saturated carbocycles. The van der Waals surface area contributed by atoms with E-state index in [2.05, 4.69) is 4.98 Å². The second kappa shape index (κ2) is 9.79. The minimum Gasteiger partial charge on any atom is -0.503 e. The lowest BCUT2D eigenvalue weighted by Gasteiger charge is -2.27. The second-order valence-corrected chi connectivity index (χ2v) is 9.06. The van der Waals surface area contributed by atoms with Gasteiger partial charge in [0.1, 0.15) is 5.75 Å². The SMILES string of the molecule is CCOc1cccc(N2C(=O)C(O)=C(C(=O)c3sc(C)nc3C)C2c2ccc(OC)c(OC)c2)c1. The maximum atomic E-state index is 13.7. The van der Waals surface area contributed by atoms with E-state index >= 15 is 0 Å². The number of methoxy groups -OCH3 is 2. The number of hydrogen-bond acceptors (Lipinski definition) is 8. The molecule has 0 fully saturated rings. The molecule has 9 heteroatoms. The van der Waals surface area contributed by atoms with Gasteiger partial charge in [0.05, 0.1) is 48.0 Å². The van der Waals surface area contributed by atoms with Gasteiger partial charge in [0, 0.05) is 11.8 Å². The number of amides is 1. The van der Waals surface area contributed by atoms with Crippen molar-refractivity contribution >= 4 is 28.7 Å². The van der Waals surface area contributed by atoms with Crippen molar-refractivity contribution in [2.45, 2.75) is 26.8 Å². The van der Waals surface area contributed by atoms with Gasteiger partial charge in [0.25, 0.3) is 5.91 Å². The van der Waals surface area contributed by atoms with E-state index < -0.39 is 23.5 Å². The molecular weight excluding hydrogens is 468 g/mol. The number of nitrogens with zero attached hydrogens (tertiary/aromatic N) is 2. The summed E-state index contributed by atoms with van der Waals surface area (Å²) < 4.78 is 16.4. The van der Waals surface area contributed by atoms with Crippen molar-refractivity contribution in [3.05, 3.63) is 74.9 Å². The highest BCUT2D eigenvalue weighted by atomic mass is 32.1. The lowest BCUT2D eigenvalue weighted by molar-refractivity contribution is -0.117. The Morgan fingerprint density at radius 3 is 2.49 bits per heavy atom. The minimum absolute atomic E-state index is 0.0178. The molecule has 0 aliphatic carbocycles. The monoisotopic (exact) mass is 494 g/mol. The Bertz CT molecular complexity index is 1330. The van der Waals surface area contributed by atoms with Crippen molar-refractivity contribution in [2.75, 3.05) is 25.7 Å². The predicted molar refractivity (Wildman–Crippen MR) is 133 cm³/mol. The summed E-state index contributed by atoms with van der Waals surface area (Å²) in [7, 11) is 3.03. The van der Waals surface area contributed by atoms with Crippen molar-refractivity contribution in [1.29, 1.82) is 0 Å². The van der Waals surface area contributed by atoms with E-state index in [0.29, 0.717) is 45.7 Å². The summed E-state index contributed by atoms with van der Waals surface area (Å²) in [6, 6.07) is 11.2. The quantitative estimate of drug-likeness (QED) is 0.442. The van der Waals surface area contributed by atoms with E-state index in [4.69, 9.17) is 14.2 Å². The smallest absolute Gasteiger partial charge is 0.294 e. The number of aliphatic hydroxyl groups is 1. The average Bonchev–Trinajstić information content (AvgIpc) is 3.33. The molecule has 0 bridgehead atoms. The third kappa shape index (κ3) is 4.35. The van der Waals surface area contributed by atoms with Gasteiger partial charge < -0.3 is 19.3 Å². The van der Waals surface area contributed by atoms with Gasteiger partial charge in [-0.3, -0.25) is 14.5 Å². The van der Waals surface area contributed by atoms with Crippen LogP contribution in [0.15, 0.2) is 53.8 Å². The fourth-order valence-corrected chi connectivity index (χ4v) is 5.07. The number of aryl methyl sites for hydroxylation is 2. The summed E-state index contributed by atoms with van der Waals surface area (Å²) in [6.07, 6.45) is 0. The molecule has 1 N–H and O–H groups in total. The van der Waals surface area contributed by atoms with Gasteiger partial charge in [-0.1, -0.05) is 12.1 Å². The zero-order valence-electron chi connectivity index (χ0n) is 20.1. The molecule has 1 aliphatic heterocycles. The number of benzene rings is 2. The van der Waals surface area contributed by atoms with Crippen LogP contribution in [0.5, 0.6) is 17.2 Å². The molecule has 4 rings (SSSR count). The molecule has 182 valence electrons. The van der Waals surface area contributed by atoms with Crippen LogP contribution in [0.4, 0.5) is 5.69 Å². The average molecular weight is 495 g/mol. The number of thiazole rings is 1. The molecule has 0 spiro atoms. The van der Waals surface area contributed by atoms with Crippen molar-refractivity contribution < 1.29 is 28.9 Å². The Kier molecular flexibility index (Phi) is 6.79. The Morgan fingerprint density at radius 2 is 1.86 bits per heavy atom. The van der Waals surface area contributed by atoms with E-state index in [1.165, 1.54) is 30.5 Å². The molecule has 1 aromatic heterocycles. The first kappa shape index (κ1) is 24.3. The summed E-state index contributed by atoms with van der Waals surface area (Å²) >= 11 is 1.23. The molecule has 1 amide bonds. The van der Waals surface area contributed by atoms with Gasteiger partial charge in [0.2, 0.25) is 5.78 Å². The number of carbonyl (C=O) groups is 2. The third-order valence-corrected chi connectivity index (χ3v) is 6.76. The summed E-state index contributed by atoms with van der Waals surface area (Å²) in [5.41, 5.74) is 1.58. The minimum atomic E-state index is -0.909. The molecule has 2 aromatic carbocycles. The van der Waals surface area contributed by atoms with E-state index in [1.807, 2.05) is 6.92 Å². The largest absolute Gasteiger partial charge is 0.503 e. The molecule has 35 heavy (non-hydrogen) atoms. The Labute approximate surface area is 207 Å². The van der Waals surface area contributed by atoms with Crippen LogP contribution in [-0.4, -0.2) is 42.6 Å². The fourth-order valence-electron chi connectivity index (χ4n) is 4.20. The van der Waals surface area contributed by atoms with Crippen molar-refractivity contribution in [2.24, 2.45) is 0 Å². The molecule has 1 unspecified atom stereocenters.